The second-order valence-corrected chi connectivity index (χ2v) is 5.00. The van der Waals surface area contributed by atoms with E-state index in [2.05, 4.69) is 25.5 Å². The van der Waals surface area contributed by atoms with Gasteiger partial charge in [-0.2, -0.15) is 4.98 Å². The summed E-state index contributed by atoms with van der Waals surface area (Å²) in [5.41, 5.74) is 6.14. The molecule has 0 atom stereocenters. The first-order valence-electron chi connectivity index (χ1n) is 5.45. The maximum atomic E-state index is 11.9. The van der Waals surface area contributed by atoms with Crippen LogP contribution in [0.15, 0.2) is 0 Å². The summed E-state index contributed by atoms with van der Waals surface area (Å²) in [5, 5.41) is 10.1. The fraction of sp³-hybridized carbons (Fsp3) is 0.400. The van der Waals surface area contributed by atoms with E-state index in [1.54, 1.807) is 0 Å². The highest BCUT2D eigenvalue weighted by Crippen LogP contribution is 2.16. The van der Waals surface area contributed by atoms with Crippen LogP contribution in [-0.4, -0.2) is 32.6 Å². The number of aromatic amines is 1. The number of hydrogen-bond acceptors (Lipinski definition) is 6. The van der Waals surface area contributed by atoms with Gasteiger partial charge in [-0.3, -0.25) is 9.89 Å². The van der Waals surface area contributed by atoms with E-state index < -0.39 is 0 Å². The second-order valence-electron chi connectivity index (χ2n) is 3.79. The van der Waals surface area contributed by atoms with Crippen LogP contribution in [0.3, 0.4) is 0 Å². The van der Waals surface area contributed by atoms with Gasteiger partial charge in [-0.15, -0.1) is 16.4 Å². The van der Waals surface area contributed by atoms with Crippen LogP contribution >= 0.6 is 11.3 Å². The minimum Gasteiger partial charge on any atom is -0.367 e. The first-order valence-corrected chi connectivity index (χ1v) is 6.27. The summed E-state index contributed by atoms with van der Waals surface area (Å²) < 4.78 is 0. The van der Waals surface area contributed by atoms with Crippen molar-refractivity contribution in [3.05, 3.63) is 21.4 Å². The molecule has 8 heteroatoms. The van der Waals surface area contributed by atoms with Gasteiger partial charge in [0, 0.05) is 13.0 Å². The number of carbonyl (C=O) groups is 1. The number of nitrogens with zero attached hydrogens (tertiary/aromatic N) is 3. The molecule has 0 unspecified atom stereocenters. The molecular weight excluding hydrogens is 252 g/mol. The molecule has 4 N–H and O–H groups in total. The normalized spacial score (nSPS) is 10.6. The van der Waals surface area contributed by atoms with Crippen LogP contribution in [0.4, 0.5) is 5.95 Å². The lowest BCUT2D eigenvalue weighted by Crippen LogP contribution is -2.25. The molecular formula is C10H14N6OS. The van der Waals surface area contributed by atoms with Crippen molar-refractivity contribution in [1.82, 2.24) is 25.5 Å². The molecule has 2 rings (SSSR count). The maximum absolute atomic E-state index is 11.9. The maximum Gasteiger partial charge on any atom is 0.263 e. The van der Waals surface area contributed by atoms with Crippen LogP contribution in [0.2, 0.25) is 0 Å². The smallest absolute Gasteiger partial charge is 0.263 e. The average molecular weight is 266 g/mol. The third-order valence-electron chi connectivity index (χ3n) is 2.31. The number of aromatic nitrogens is 4. The number of amides is 1. The molecule has 0 aromatic carbocycles. The molecule has 0 saturated heterocycles. The Hall–Kier alpha value is -1.96. The molecule has 0 saturated carbocycles. The topological polar surface area (TPSA) is 110 Å². The first kappa shape index (κ1) is 12.5. The zero-order valence-electron chi connectivity index (χ0n) is 10.1. The molecule has 0 aliphatic rings. The Morgan fingerprint density at radius 1 is 1.44 bits per heavy atom. The van der Waals surface area contributed by atoms with Crippen molar-refractivity contribution in [2.45, 2.75) is 20.3 Å². The molecule has 0 aliphatic carbocycles. The third kappa shape index (κ3) is 2.83. The van der Waals surface area contributed by atoms with E-state index in [1.165, 1.54) is 11.3 Å². The Labute approximate surface area is 108 Å². The number of hydrogen-bond donors (Lipinski definition) is 3. The lowest BCUT2D eigenvalue weighted by Gasteiger charge is -2.01. The Kier molecular flexibility index (Phi) is 3.56. The molecule has 96 valence electrons. The fourth-order valence-corrected chi connectivity index (χ4v) is 2.37. The van der Waals surface area contributed by atoms with E-state index in [4.69, 9.17) is 5.73 Å². The zero-order chi connectivity index (χ0) is 13.1. The predicted octanol–water partition coefficient (Wildman–Crippen LogP) is 0.433. The van der Waals surface area contributed by atoms with Crippen molar-refractivity contribution >= 4 is 23.2 Å². The van der Waals surface area contributed by atoms with Crippen molar-refractivity contribution in [2.75, 3.05) is 12.3 Å². The Bertz CT molecular complexity index is 560. The van der Waals surface area contributed by atoms with Gasteiger partial charge >= 0.3 is 0 Å². The molecule has 7 nitrogen and oxygen atoms in total. The molecule has 0 radical (unpaired) electrons. The zero-order valence-corrected chi connectivity index (χ0v) is 11.0. The summed E-state index contributed by atoms with van der Waals surface area (Å²) >= 11 is 1.39. The van der Waals surface area contributed by atoms with Gasteiger partial charge in [0.15, 0.2) is 0 Å². The van der Waals surface area contributed by atoms with Gasteiger partial charge in [0.05, 0.1) is 10.7 Å². The fourth-order valence-electron chi connectivity index (χ4n) is 1.54. The average Bonchev–Trinajstić information content (AvgIpc) is 2.85. The largest absolute Gasteiger partial charge is 0.367 e. The van der Waals surface area contributed by atoms with E-state index in [-0.39, 0.29) is 11.9 Å². The van der Waals surface area contributed by atoms with Crippen molar-refractivity contribution in [3.8, 4) is 0 Å². The van der Waals surface area contributed by atoms with Crippen molar-refractivity contribution in [1.29, 1.82) is 0 Å². The number of nitrogens with one attached hydrogen (secondary N) is 2. The van der Waals surface area contributed by atoms with E-state index in [0.29, 0.717) is 23.7 Å². The number of anilines is 1. The lowest BCUT2D eigenvalue weighted by molar-refractivity contribution is 0.0957. The van der Waals surface area contributed by atoms with Crippen LogP contribution in [0, 0.1) is 13.8 Å². The summed E-state index contributed by atoms with van der Waals surface area (Å²) in [6.45, 7) is 4.19. The monoisotopic (exact) mass is 266 g/mol. The summed E-state index contributed by atoms with van der Waals surface area (Å²) in [7, 11) is 0. The van der Waals surface area contributed by atoms with E-state index in [0.717, 1.165) is 10.7 Å². The summed E-state index contributed by atoms with van der Waals surface area (Å²) in [4.78, 5) is 20.7. The van der Waals surface area contributed by atoms with Crippen molar-refractivity contribution in [3.63, 3.8) is 0 Å². The van der Waals surface area contributed by atoms with Gasteiger partial charge in [-0.25, -0.2) is 4.98 Å². The molecule has 2 aromatic rings. The molecule has 0 fully saturated rings. The predicted molar refractivity (Wildman–Crippen MR) is 68.4 cm³/mol. The van der Waals surface area contributed by atoms with Crippen LogP contribution in [0.25, 0.3) is 0 Å². The number of thiazole rings is 1. The summed E-state index contributed by atoms with van der Waals surface area (Å²) in [6.07, 6.45) is 0.562. The van der Waals surface area contributed by atoms with Gasteiger partial charge in [-0.1, -0.05) is 0 Å². The van der Waals surface area contributed by atoms with Gasteiger partial charge in [0.2, 0.25) is 5.95 Å². The van der Waals surface area contributed by atoms with Crippen LogP contribution in [-0.2, 0) is 6.42 Å². The Balaban J connectivity index is 1.87. The number of nitrogens with two attached hydrogens (primary N) is 1. The van der Waals surface area contributed by atoms with Gasteiger partial charge in [0.1, 0.15) is 10.7 Å². The molecule has 0 aliphatic heterocycles. The highest BCUT2D eigenvalue weighted by atomic mass is 32.1. The SMILES string of the molecule is Cc1nc(C)c(C(=O)NCCc2nc(N)n[nH]2)s1. The number of rotatable bonds is 4. The quantitative estimate of drug-likeness (QED) is 0.743. The number of carbonyl (C=O) groups excluding carboxylic acids is 1. The molecule has 18 heavy (non-hydrogen) atoms. The third-order valence-corrected chi connectivity index (χ3v) is 3.38. The van der Waals surface area contributed by atoms with E-state index >= 15 is 0 Å². The number of nitrogen functional groups attached to an aromatic ring is 1. The van der Waals surface area contributed by atoms with Gasteiger partial charge in [-0.05, 0) is 13.8 Å². The van der Waals surface area contributed by atoms with Gasteiger partial charge < -0.3 is 11.1 Å². The molecule has 0 bridgehead atoms. The van der Waals surface area contributed by atoms with Crippen LogP contribution in [0.1, 0.15) is 26.2 Å². The standard InChI is InChI=1S/C10H14N6OS/c1-5-8(18-6(2)13-5)9(17)12-4-3-7-14-10(11)16-15-7/h3-4H2,1-2H3,(H,12,17)(H3,11,14,15,16). The molecule has 0 spiro atoms. The second kappa shape index (κ2) is 5.13. The minimum atomic E-state index is -0.106. The van der Waals surface area contributed by atoms with E-state index in [9.17, 15) is 4.79 Å². The molecule has 1 amide bonds. The van der Waals surface area contributed by atoms with Crippen LogP contribution in [0.5, 0.6) is 0 Å². The highest BCUT2D eigenvalue weighted by Gasteiger charge is 2.13. The minimum absolute atomic E-state index is 0.106. The van der Waals surface area contributed by atoms with Gasteiger partial charge in [0.25, 0.3) is 5.91 Å². The Morgan fingerprint density at radius 2 is 2.22 bits per heavy atom. The molecule has 2 heterocycles. The van der Waals surface area contributed by atoms with Crippen molar-refractivity contribution in [2.24, 2.45) is 0 Å². The van der Waals surface area contributed by atoms with E-state index in [1.807, 2.05) is 13.8 Å². The summed E-state index contributed by atoms with van der Waals surface area (Å²) in [5.74, 6) is 0.765. The summed E-state index contributed by atoms with van der Waals surface area (Å²) in [6, 6.07) is 0. The van der Waals surface area contributed by atoms with Crippen molar-refractivity contribution < 1.29 is 4.79 Å². The lowest BCUT2D eigenvalue weighted by atomic mass is 10.3. The van der Waals surface area contributed by atoms with Crippen LogP contribution < -0.4 is 11.1 Å². The Morgan fingerprint density at radius 3 is 2.78 bits per heavy atom. The number of aryl methyl sites for hydroxylation is 2. The molecule has 2 aromatic heterocycles. The number of H-pyrrole nitrogens is 1. The highest BCUT2D eigenvalue weighted by molar-refractivity contribution is 7.13. The first-order chi connectivity index (χ1) is 8.56.